The molecular formula is C15H18ClFN6OS. The van der Waals surface area contributed by atoms with Gasteiger partial charge in [0, 0.05) is 24.9 Å². The number of halogens is 2. The first-order valence-corrected chi connectivity index (χ1v) is 8.79. The number of aromatic nitrogens is 3. The summed E-state index contributed by atoms with van der Waals surface area (Å²) in [6, 6.07) is 3.60. The highest BCUT2D eigenvalue weighted by molar-refractivity contribution is 7.95. The fourth-order valence-electron chi connectivity index (χ4n) is 2.59. The molecule has 0 spiro atoms. The summed E-state index contributed by atoms with van der Waals surface area (Å²) in [6.07, 6.45) is 0.524. The molecule has 2 N–H and O–H groups in total. The summed E-state index contributed by atoms with van der Waals surface area (Å²) in [5, 5.41) is 11.0. The minimum absolute atomic E-state index is 0.0294. The third-order valence-electron chi connectivity index (χ3n) is 4.16. The molecule has 0 aliphatic carbocycles. The molecule has 1 aromatic heterocycles. The van der Waals surface area contributed by atoms with Gasteiger partial charge in [0.05, 0.1) is 11.1 Å². The van der Waals surface area contributed by atoms with Crippen LogP contribution in [0.5, 0.6) is 0 Å². The molecule has 0 radical (unpaired) electrons. The van der Waals surface area contributed by atoms with Gasteiger partial charge in [-0.25, -0.2) is 13.4 Å². The predicted molar refractivity (Wildman–Crippen MR) is 95.4 cm³/mol. The Hall–Kier alpha value is -1.68. The van der Waals surface area contributed by atoms with E-state index in [-0.39, 0.29) is 17.0 Å². The molecule has 7 nitrogen and oxygen atoms in total. The Labute approximate surface area is 154 Å². The number of carbonyl (C=O) groups excluding carboxylic acids is 1. The van der Waals surface area contributed by atoms with Crippen LogP contribution in [0.1, 0.15) is 24.1 Å². The lowest BCUT2D eigenvalue weighted by atomic mass is 10.1. The molecule has 1 aliphatic heterocycles. The number of nitrogens with one attached hydrogen (secondary N) is 2. The SMILES string of the molecule is Cc1nnc(C2CC(C(=O)Nc3ccc(F)c(Cl)c3)N(C)SN2)n1C. The second-order valence-electron chi connectivity index (χ2n) is 5.84. The number of benzene rings is 1. The van der Waals surface area contributed by atoms with Crippen molar-refractivity contribution >= 4 is 35.3 Å². The fourth-order valence-corrected chi connectivity index (χ4v) is 3.57. The van der Waals surface area contributed by atoms with Gasteiger partial charge in [-0.1, -0.05) is 11.6 Å². The van der Waals surface area contributed by atoms with Gasteiger partial charge in [0.25, 0.3) is 0 Å². The molecule has 2 atom stereocenters. The van der Waals surface area contributed by atoms with Gasteiger partial charge in [0.1, 0.15) is 17.7 Å². The number of rotatable bonds is 3. The third-order valence-corrected chi connectivity index (χ3v) is 5.39. The van der Waals surface area contributed by atoms with Crippen molar-refractivity contribution in [3.05, 3.63) is 40.7 Å². The van der Waals surface area contributed by atoms with Crippen LogP contribution in [0.15, 0.2) is 18.2 Å². The Morgan fingerprint density at radius 1 is 1.44 bits per heavy atom. The van der Waals surface area contributed by atoms with Gasteiger partial charge in [-0.2, -0.15) is 0 Å². The zero-order valence-electron chi connectivity index (χ0n) is 14.0. The van der Waals surface area contributed by atoms with Crippen molar-refractivity contribution in [2.24, 2.45) is 7.05 Å². The zero-order valence-corrected chi connectivity index (χ0v) is 15.5. The number of carbonyl (C=O) groups is 1. The van der Waals surface area contributed by atoms with Crippen molar-refractivity contribution in [2.75, 3.05) is 12.4 Å². The van der Waals surface area contributed by atoms with Crippen molar-refractivity contribution in [3.8, 4) is 0 Å². The topological polar surface area (TPSA) is 75.1 Å². The van der Waals surface area contributed by atoms with Gasteiger partial charge >= 0.3 is 0 Å². The Kier molecular flexibility index (Phi) is 5.28. The lowest BCUT2D eigenvalue weighted by molar-refractivity contribution is -0.119. The van der Waals surface area contributed by atoms with E-state index in [0.29, 0.717) is 12.1 Å². The molecule has 2 aromatic rings. The van der Waals surface area contributed by atoms with Crippen LogP contribution in [0.2, 0.25) is 5.02 Å². The largest absolute Gasteiger partial charge is 0.325 e. The van der Waals surface area contributed by atoms with Gasteiger partial charge in [-0.15, -0.1) is 10.2 Å². The Morgan fingerprint density at radius 2 is 2.20 bits per heavy atom. The molecular weight excluding hydrogens is 367 g/mol. The number of amides is 1. The number of anilines is 1. The Balaban J connectivity index is 1.74. The lowest BCUT2D eigenvalue weighted by Gasteiger charge is -2.35. The van der Waals surface area contributed by atoms with E-state index in [0.717, 1.165) is 11.6 Å². The number of likely N-dealkylation sites (N-methyl/N-ethyl adjacent to an activating group) is 1. The van der Waals surface area contributed by atoms with Crippen LogP contribution in [0.25, 0.3) is 0 Å². The molecule has 3 rings (SSSR count). The highest BCUT2D eigenvalue weighted by Gasteiger charge is 2.35. The maximum absolute atomic E-state index is 13.3. The number of aryl methyl sites for hydroxylation is 1. The molecule has 1 fully saturated rings. The van der Waals surface area contributed by atoms with E-state index in [9.17, 15) is 9.18 Å². The van der Waals surface area contributed by atoms with Gasteiger partial charge < -0.3 is 9.88 Å². The predicted octanol–water partition coefficient (Wildman–Crippen LogP) is 2.45. The van der Waals surface area contributed by atoms with Crippen molar-refractivity contribution in [1.82, 2.24) is 23.8 Å². The first kappa shape index (κ1) is 18.1. The second-order valence-corrected chi connectivity index (χ2v) is 7.24. The van der Waals surface area contributed by atoms with Crippen molar-refractivity contribution in [1.29, 1.82) is 0 Å². The Bertz CT molecular complexity index is 800. The summed E-state index contributed by atoms with van der Waals surface area (Å²) in [4.78, 5) is 12.7. The maximum atomic E-state index is 13.3. The van der Waals surface area contributed by atoms with Crippen molar-refractivity contribution in [2.45, 2.75) is 25.4 Å². The van der Waals surface area contributed by atoms with E-state index in [1.54, 1.807) is 0 Å². The normalized spacial score (nSPS) is 21.3. The number of nitrogens with zero attached hydrogens (tertiary/aromatic N) is 4. The van der Waals surface area contributed by atoms with E-state index in [4.69, 9.17) is 11.6 Å². The van der Waals surface area contributed by atoms with Crippen LogP contribution < -0.4 is 10.0 Å². The van der Waals surface area contributed by atoms with E-state index >= 15 is 0 Å². The average Bonchev–Trinajstić information content (AvgIpc) is 2.91. The fraction of sp³-hybridized carbons (Fsp3) is 0.400. The van der Waals surface area contributed by atoms with E-state index in [1.165, 1.54) is 30.3 Å². The molecule has 134 valence electrons. The Morgan fingerprint density at radius 3 is 2.84 bits per heavy atom. The highest BCUT2D eigenvalue weighted by atomic mass is 35.5. The lowest BCUT2D eigenvalue weighted by Crippen LogP contribution is -2.46. The summed E-state index contributed by atoms with van der Waals surface area (Å²) in [5.74, 6) is 0.874. The number of hydrogen-bond acceptors (Lipinski definition) is 6. The van der Waals surface area contributed by atoms with Crippen LogP contribution >= 0.6 is 23.7 Å². The van der Waals surface area contributed by atoms with E-state index in [2.05, 4.69) is 20.2 Å². The van der Waals surface area contributed by atoms with E-state index in [1.807, 2.05) is 29.9 Å². The molecule has 1 saturated heterocycles. The minimum Gasteiger partial charge on any atom is -0.325 e. The average molecular weight is 385 g/mol. The number of hydrogen-bond donors (Lipinski definition) is 2. The molecule has 10 heteroatoms. The first-order valence-electron chi connectivity index (χ1n) is 7.64. The van der Waals surface area contributed by atoms with Crippen molar-refractivity contribution in [3.63, 3.8) is 0 Å². The van der Waals surface area contributed by atoms with Gasteiger partial charge in [-0.05, 0) is 38.6 Å². The molecule has 1 aliphatic rings. The molecule has 0 bridgehead atoms. The summed E-state index contributed by atoms with van der Waals surface area (Å²) < 4.78 is 20.3. The monoisotopic (exact) mass is 384 g/mol. The summed E-state index contributed by atoms with van der Waals surface area (Å²) in [5.41, 5.74) is 0.458. The van der Waals surface area contributed by atoms with Gasteiger partial charge in [0.15, 0.2) is 5.82 Å². The standard InChI is InChI=1S/C15H18ClFN6OS/c1-8-19-20-14(22(8)2)12-7-13(23(3)25-21-12)15(24)18-9-4-5-11(17)10(16)6-9/h4-6,12-13,21H,7H2,1-3H3,(H,18,24). The smallest absolute Gasteiger partial charge is 0.242 e. The van der Waals surface area contributed by atoms with Gasteiger partial charge in [0.2, 0.25) is 5.91 Å². The molecule has 1 amide bonds. The van der Waals surface area contributed by atoms with Crippen molar-refractivity contribution < 1.29 is 9.18 Å². The second kappa shape index (κ2) is 7.28. The zero-order chi connectivity index (χ0) is 18.1. The first-order chi connectivity index (χ1) is 11.9. The van der Waals surface area contributed by atoms with Crippen LogP contribution in [0.3, 0.4) is 0 Å². The van der Waals surface area contributed by atoms with Crippen LogP contribution in [-0.2, 0) is 11.8 Å². The molecule has 2 unspecified atom stereocenters. The molecule has 25 heavy (non-hydrogen) atoms. The summed E-state index contributed by atoms with van der Waals surface area (Å²) in [6.45, 7) is 1.88. The minimum atomic E-state index is -0.521. The highest BCUT2D eigenvalue weighted by Crippen LogP contribution is 2.30. The van der Waals surface area contributed by atoms with Gasteiger partial charge in [-0.3, -0.25) is 4.79 Å². The van der Waals surface area contributed by atoms with Crippen LogP contribution in [-0.4, -0.2) is 38.1 Å². The quantitative estimate of drug-likeness (QED) is 0.792. The van der Waals surface area contributed by atoms with Crippen LogP contribution in [0.4, 0.5) is 10.1 Å². The molecule has 2 heterocycles. The third kappa shape index (κ3) is 3.79. The molecule has 1 aromatic carbocycles. The van der Waals surface area contributed by atoms with E-state index < -0.39 is 11.9 Å². The van der Waals surface area contributed by atoms with Crippen LogP contribution in [0, 0.1) is 12.7 Å². The molecule has 0 saturated carbocycles. The maximum Gasteiger partial charge on any atom is 0.242 e. The summed E-state index contributed by atoms with van der Waals surface area (Å²) in [7, 11) is 3.72. The summed E-state index contributed by atoms with van der Waals surface area (Å²) >= 11 is 7.11.